The van der Waals surface area contributed by atoms with Crippen molar-refractivity contribution in [2.45, 2.75) is 31.3 Å². The molecule has 2 aliphatic heterocycles. The summed E-state index contributed by atoms with van der Waals surface area (Å²) in [6, 6.07) is 3.84. The Labute approximate surface area is 175 Å². The molecular formula is C19H26N4O6S. The van der Waals surface area contributed by atoms with Gasteiger partial charge >= 0.3 is 6.09 Å². The fourth-order valence-electron chi connectivity index (χ4n) is 3.22. The van der Waals surface area contributed by atoms with E-state index in [4.69, 9.17) is 4.74 Å². The lowest BCUT2D eigenvalue weighted by Crippen LogP contribution is -2.51. The molecule has 0 radical (unpaired) electrons. The van der Waals surface area contributed by atoms with Crippen LogP contribution in [0.5, 0.6) is 0 Å². The third-order valence-corrected chi connectivity index (χ3v) is 6.22. The summed E-state index contributed by atoms with van der Waals surface area (Å²) in [4.78, 5) is 39.0. The van der Waals surface area contributed by atoms with Crippen molar-refractivity contribution in [2.24, 2.45) is 0 Å². The van der Waals surface area contributed by atoms with Crippen molar-refractivity contribution in [1.82, 2.24) is 19.8 Å². The van der Waals surface area contributed by atoms with Gasteiger partial charge in [-0.25, -0.2) is 17.9 Å². The van der Waals surface area contributed by atoms with Crippen LogP contribution in [0.1, 0.15) is 41.5 Å². The average molecular weight is 439 g/mol. The van der Waals surface area contributed by atoms with Crippen molar-refractivity contribution in [3.05, 3.63) is 29.3 Å². The quantitative estimate of drug-likeness (QED) is 0.638. The highest BCUT2D eigenvalue weighted by atomic mass is 32.2. The number of piperazine rings is 1. The SMILES string of the molecule is CC(C)(C)OC(=O)N1CCN(CCNS(=O)(=O)c2ccc3c(c2)C(=O)NC3=O)CC1. The van der Waals surface area contributed by atoms with E-state index < -0.39 is 27.4 Å². The fourth-order valence-corrected chi connectivity index (χ4v) is 4.26. The van der Waals surface area contributed by atoms with Gasteiger partial charge in [-0.05, 0) is 39.0 Å². The largest absolute Gasteiger partial charge is 0.444 e. The van der Waals surface area contributed by atoms with Gasteiger partial charge in [0, 0.05) is 39.3 Å². The number of carbonyl (C=O) groups is 3. The van der Waals surface area contributed by atoms with Crippen LogP contribution in [0, 0.1) is 0 Å². The molecular weight excluding hydrogens is 412 g/mol. The van der Waals surface area contributed by atoms with Crippen LogP contribution in [-0.4, -0.2) is 81.0 Å². The molecule has 0 atom stereocenters. The Hall–Kier alpha value is -2.50. The summed E-state index contributed by atoms with van der Waals surface area (Å²) in [7, 11) is -3.82. The lowest BCUT2D eigenvalue weighted by atomic mass is 10.1. The Bertz CT molecular complexity index is 962. The van der Waals surface area contributed by atoms with E-state index in [9.17, 15) is 22.8 Å². The molecule has 0 aromatic heterocycles. The molecule has 3 rings (SSSR count). The van der Waals surface area contributed by atoms with Gasteiger partial charge < -0.3 is 9.64 Å². The van der Waals surface area contributed by atoms with Crippen LogP contribution in [0.2, 0.25) is 0 Å². The Balaban J connectivity index is 1.49. The van der Waals surface area contributed by atoms with Gasteiger partial charge in [-0.15, -0.1) is 0 Å². The van der Waals surface area contributed by atoms with Crippen LogP contribution in [0.25, 0.3) is 0 Å². The first-order valence-electron chi connectivity index (χ1n) is 9.66. The van der Waals surface area contributed by atoms with Gasteiger partial charge in [0.1, 0.15) is 5.60 Å². The van der Waals surface area contributed by atoms with Crippen LogP contribution in [0.4, 0.5) is 4.79 Å². The van der Waals surface area contributed by atoms with Crippen molar-refractivity contribution in [3.63, 3.8) is 0 Å². The topological polar surface area (TPSA) is 125 Å². The number of hydrogen-bond acceptors (Lipinski definition) is 7. The highest BCUT2D eigenvalue weighted by Gasteiger charge is 2.29. The number of benzene rings is 1. The molecule has 0 saturated carbocycles. The minimum absolute atomic E-state index is 0.0566. The van der Waals surface area contributed by atoms with Crippen LogP contribution in [0.15, 0.2) is 23.1 Å². The number of nitrogens with one attached hydrogen (secondary N) is 2. The molecule has 0 aliphatic carbocycles. The van der Waals surface area contributed by atoms with E-state index in [1.54, 1.807) is 4.90 Å². The Morgan fingerprint density at radius 3 is 2.37 bits per heavy atom. The van der Waals surface area contributed by atoms with E-state index in [0.717, 1.165) is 0 Å². The number of fused-ring (bicyclic) bond motifs is 1. The first-order chi connectivity index (χ1) is 14.0. The molecule has 0 spiro atoms. The fraction of sp³-hybridized carbons (Fsp3) is 0.526. The van der Waals surface area contributed by atoms with E-state index in [1.165, 1.54) is 18.2 Å². The van der Waals surface area contributed by atoms with Gasteiger partial charge in [0.25, 0.3) is 11.8 Å². The summed E-state index contributed by atoms with van der Waals surface area (Å²) in [5, 5.41) is 2.13. The van der Waals surface area contributed by atoms with Crippen LogP contribution in [0.3, 0.4) is 0 Å². The zero-order valence-electron chi connectivity index (χ0n) is 17.2. The second-order valence-corrected chi connectivity index (χ2v) is 9.96. The number of sulfonamides is 1. The predicted molar refractivity (Wildman–Crippen MR) is 108 cm³/mol. The second kappa shape index (κ2) is 8.32. The van der Waals surface area contributed by atoms with Crippen molar-refractivity contribution in [2.75, 3.05) is 39.3 Å². The monoisotopic (exact) mass is 438 g/mol. The zero-order valence-corrected chi connectivity index (χ0v) is 18.0. The molecule has 2 heterocycles. The smallest absolute Gasteiger partial charge is 0.410 e. The molecule has 10 nitrogen and oxygen atoms in total. The first kappa shape index (κ1) is 22.2. The Morgan fingerprint density at radius 2 is 1.73 bits per heavy atom. The average Bonchev–Trinajstić information content (AvgIpc) is 2.94. The molecule has 1 aromatic carbocycles. The van der Waals surface area contributed by atoms with E-state index in [0.29, 0.717) is 32.7 Å². The van der Waals surface area contributed by atoms with E-state index in [2.05, 4.69) is 14.9 Å². The summed E-state index contributed by atoms with van der Waals surface area (Å²) in [6.07, 6.45) is -0.345. The summed E-state index contributed by atoms with van der Waals surface area (Å²) < 4.78 is 32.9. The van der Waals surface area contributed by atoms with Crippen LogP contribution < -0.4 is 10.0 Å². The number of carbonyl (C=O) groups excluding carboxylic acids is 3. The van der Waals surface area contributed by atoms with Crippen molar-refractivity contribution >= 4 is 27.9 Å². The minimum atomic E-state index is -3.82. The molecule has 11 heteroatoms. The number of imide groups is 1. The number of amides is 3. The van der Waals surface area contributed by atoms with Gasteiger partial charge in [-0.3, -0.25) is 19.8 Å². The van der Waals surface area contributed by atoms with Crippen molar-refractivity contribution in [1.29, 1.82) is 0 Å². The third-order valence-electron chi connectivity index (χ3n) is 4.76. The van der Waals surface area contributed by atoms with Gasteiger partial charge in [0.2, 0.25) is 10.0 Å². The molecule has 3 amide bonds. The second-order valence-electron chi connectivity index (χ2n) is 8.20. The number of hydrogen-bond donors (Lipinski definition) is 2. The van der Waals surface area contributed by atoms with Crippen molar-refractivity contribution in [3.8, 4) is 0 Å². The van der Waals surface area contributed by atoms with Gasteiger partial charge in [0.15, 0.2) is 0 Å². The maximum atomic E-state index is 12.5. The number of ether oxygens (including phenoxy) is 1. The molecule has 0 unspecified atom stereocenters. The highest BCUT2D eigenvalue weighted by molar-refractivity contribution is 7.89. The van der Waals surface area contributed by atoms with Crippen LogP contribution in [-0.2, 0) is 14.8 Å². The molecule has 164 valence electrons. The van der Waals surface area contributed by atoms with E-state index >= 15 is 0 Å². The van der Waals surface area contributed by atoms with E-state index in [1.807, 2.05) is 20.8 Å². The Morgan fingerprint density at radius 1 is 1.10 bits per heavy atom. The molecule has 30 heavy (non-hydrogen) atoms. The third kappa shape index (κ3) is 5.15. The zero-order chi connectivity index (χ0) is 22.1. The molecule has 2 N–H and O–H groups in total. The summed E-state index contributed by atoms with van der Waals surface area (Å²) in [6.45, 7) is 8.35. The molecule has 1 saturated heterocycles. The normalized spacial score (nSPS) is 17.6. The predicted octanol–water partition coefficient (Wildman–Crippen LogP) is 0.401. The number of nitrogens with zero attached hydrogens (tertiary/aromatic N) is 2. The first-order valence-corrected chi connectivity index (χ1v) is 11.1. The van der Waals surface area contributed by atoms with Crippen LogP contribution >= 0.6 is 0 Å². The Kier molecular flexibility index (Phi) is 6.16. The summed E-state index contributed by atoms with van der Waals surface area (Å²) in [5.41, 5.74) is -0.319. The van der Waals surface area contributed by atoms with Crippen molar-refractivity contribution < 1.29 is 27.5 Å². The summed E-state index contributed by atoms with van der Waals surface area (Å²) >= 11 is 0. The van der Waals surface area contributed by atoms with Gasteiger partial charge in [-0.2, -0.15) is 0 Å². The minimum Gasteiger partial charge on any atom is -0.444 e. The molecule has 1 aromatic rings. The number of rotatable bonds is 5. The highest BCUT2D eigenvalue weighted by Crippen LogP contribution is 2.20. The molecule has 2 aliphatic rings. The maximum Gasteiger partial charge on any atom is 0.410 e. The standard InChI is InChI=1S/C19H26N4O6S/c1-19(2,3)29-18(26)23-10-8-22(9-11-23)7-6-20-30(27,28)13-4-5-14-15(12-13)17(25)21-16(14)24/h4-5,12,20H,6-11H2,1-3H3,(H,21,24,25). The lowest BCUT2D eigenvalue weighted by molar-refractivity contribution is 0.0147. The van der Waals surface area contributed by atoms with Gasteiger partial charge in [-0.1, -0.05) is 0 Å². The lowest BCUT2D eigenvalue weighted by Gasteiger charge is -2.35. The molecule has 0 bridgehead atoms. The van der Waals surface area contributed by atoms with Gasteiger partial charge in [0.05, 0.1) is 16.0 Å². The maximum absolute atomic E-state index is 12.5. The summed E-state index contributed by atoms with van der Waals surface area (Å²) in [5.74, 6) is -1.13. The van der Waals surface area contributed by atoms with E-state index in [-0.39, 0.29) is 28.7 Å². The molecule has 1 fully saturated rings.